The summed E-state index contributed by atoms with van der Waals surface area (Å²) in [6.07, 6.45) is 4.66. The van der Waals surface area contributed by atoms with Crippen LogP contribution >= 0.6 is 15.9 Å². The molecule has 3 aromatic rings. The van der Waals surface area contributed by atoms with Crippen molar-refractivity contribution in [1.29, 1.82) is 0 Å². The van der Waals surface area contributed by atoms with Gasteiger partial charge >= 0.3 is 0 Å². The van der Waals surface area contributed by atoms with E-state index in [9.17, 15) is 4.79 Å². The van der Waals surface area contributed by atoms with Gasteiger partial charge in [0.05, 0.1) is 11.3 Å². The zero-order chi connectivity index (χ0) is 14.8. The minimum Gasteiger partial charge on any atom is -0.486 e. The van der Waals surface area contributed by atoms with Gasteiger partial charge in [-0.1, -0.05) is 22.0 Å². The Bertz CT molecular complexity index is 778. The van der Waals surface area contributed by atoms with Crippen molar-refractivity contribution in [3.05, 3.63) is 64.0 Å². The number of hydrogen-bond acceptors (Lipinski definition) is 3. The summed E-state index contributed by atoms with van der Waals surface area (Å²) < 4.78 is 8.60. The SMILES string of the molecule is Cc1cc(Br)cc(C=O)c1OCc1cn2ccccc2n1. The number of ether oxygens (including phenoxy) is 1. The largest absolute Gasteiger partial charge is 0.486 e. The number of pyridine rings is 1. The topological polar surface area (TPSA) is 43.6 Å². The number of aryl methyl sites for hydroxylation is 1. The van der Waals surface area contributed by atoms with Gasteiger partial charge in [-0.15, -0.1) is 0 Å². The molecule has 5 heteroatoms. The van der Waals surface area contributed by atoms with Crippen LogP contribution in [0, 0.1) is 6.92 Å². The van der Waals surface area contributed by atoms with Crippen molar-refractivity contribution in [1.82, 2.24) is 9.38 Å². The summed E-state index contributed by atoms with van der Waals surface area (Å²) in [4.78, 5) is 15.6. The Morgan fingerprint density at radius 1 is 1.38 bits per heavy atom. The van der Waals surface area contributed by atoms with Crippen LogP contribution in [0.3, 0.4) is 0 Å². The van der Waals surface area contributed by atoms with Crippen LogP contribution in [-0.2, 0) is 6.61 Å². The van der Waals surface area contributed by atoms with Crippen molar-refractivity contribution in [3.8, 4) is 5.75 Å². The van der Waals surface area contributed by atoms with Crippen molar-refractivity contribution in [2.45, 2.75) is 13.5 Å². The maximum atomic E-state index is 11.2. The van der Waals surface area contributed by atoms with Crippen LogP contribution < -0.4 is 4.74 Å². The molecule has 0 aliphatic rings. The number of nitrogens with zero attached hydrogens (tertiary/aromatic N) is 2. The number of imidazole rings is 1. The van der Waals surface area contributed by atoms with Crippen molar-refractivity contribution < 1.29 is 9.53 Å². The van der Waals surface area contributed by atoms with Crippen LogP contribution in [0.15, 0.2) is 47.2 Å². The van der Waals surface area contributed by atoms with E-state index in [1.807, 2.05) is 48.0 Å². The number of aldehydes is 1. The maximum absolute atomic E-state index is 11.2. The molecule has 0 fully saturated rings. The molecule has 0 aliphatic carbocycles. The molecule has 0 saturated carbocycles. The number of benzene rings is 1. The van der Waals surface area contributed by atoms with E-state index < -0.39 is 0 Å². The van der Waals surface area contributed by atoms with E-state index in [-0.39, 0.29) is 0 Å². The van der Waals surface area contributed by atoms with E-state index >= 15 is 0 Å². The molecule has 106 valence electrons. The molecule has 3 rings (SSSR count). The maximum Gasteiger partial charge on any atom is 0.153 e. The van der Waals surface area contributed by atoms with E-state index in [1.54, 1.807) is 6.07 Å². The minimum absolute atomic E-state index is 0.324. The van der Waals surface area contributed by atoms with Gasteiger partial charge < -0.3 is 9.14 Å². The Kier molecular flexibility index (Phi) is 3.75. The van der Waals surface area contributed by atoms with E-state index in [4.69, 9.17) is 4.74 Å². The second kappa shape index (κ2) is 5.69. The van der Waals surface area contributed by atoms with Crippen molar-refractivity contribution in [2.24, 2.45) is 0 Å². The fourth-order valence-electron chi connectivity index (χ4n) is 2.24. The van der Waals surface area contributed by atoms with Gasteiger partial charge in [-0.05, 0) is 36.8 Å². The van der Waals surface area contributed by atoms with E-state index in [1.165, 1.54) is 0 Å². The van der Waals surface area contributed by atoms with E-state index in [2.05, 4.69) is 20.9 Å². The first-order valence-corrected chi connectivity index (χ1v) is 7.27. The highest BCUT2D eigenvalue weighted by Crippen LogP contribution is 2.27. The van der Waals surface area contributed by atoms with Gasteiger partial charge in [-0.3, -0.25) is 4.79 Å². The second-order valence-electron chi connectivity index (χ2n) is 4.75. The molecule has 0 radical (unpaired) electrons. The van der Waals surface area contributed by atoms with Crippen molar-refractivity contribution in [3.63, 3.8) is 0 Å². The van der Waals surface area contributed by atoms with Crippen LogP contribution in [0.25, 0.3) is 5.65 Å². The molecule has 21 heavy (non-hydrogen) atoms. The first-order chi connectivity index (χ1) is 10.2. The molecule has 0 atom stereocenters. The molecule has 0 unspecified atom stereocenters. The highest BCUT2D eigenvalue weighted by Gasteiger charge is 2.10. The number of carbonyl (C=O) groups is 1. The molecule has 2 heterocycles. The quantitative estimate of drug-likeness (QED) is 0.676. The fraction of sp³-hybridized carbons (Fsp3) is 0.125. The lowest BCUT2D eigenvalue weighted by atomic mass is 10.1. The normalized spacial score (nSPS) is 10.8. The van der Waals surface area contributed by atoms with Crippen LogP contribution in [0.4, 0.5) is 0 Å². The molecule has 0 spiro atoms. The number of rotatable bonds is 4. The standard InChI is InChI=1S/C16H13BrN2O2/c1-11-6-13(17)7-12(9-20)16(11)21-10-14-8-19-5-3-2-4-15(19)18-14/h2-9H,10H2,1H3. The van der Waals surface area contributed by atoms with Crippen LogP contribution in [0.2, 0.25) is 0 Å². The average molecular weight is 345 g/mol. The minimum atomic E-state index is 0.324. The Balaban J connectivity index is 1.86. The summed E-state index contributed by atoms with van der Waals surface area (Å²) in [5.74, 6) is 0.602. The Hall–Kier alpha value is -2.14. The van der Waals surface area contributed by atoms with E-state index in [0.717, 1.165) is 27.7 Å². The molecule has 0 amide bonds. The Labute approximate surface area is 130 Å². The molecular weight excluding hydrogens is 332 g/mol. The summed E-state index contributed by atoms with van der Waals surface area (Å²) in [7, 11) is 0. The lowest BCUT2D eigenvalue weighted by Crippen LogP contribution is -2.00. The predicted molar refractivity (Wildman–Crippen MR) is 83.8 cm³/mol. The van der Waals surface area contributed by atoms with Crippen LogP contribution in [-0.4, -0.2) is 15.7 Å². The summed E-state index contributed by atoms with van der Waals surface area (Å²) in [6.45, 7) is 2.24. The van der Waals surface area contributed by atoms with Gasteiger partial charge in [0, 0.05) is 16.9 Å². The van der Waals surface area contributed by atoms with Gasteiger partial charge in [0.25, 0.3) is 0 Å². The molecule has 4 nitrogen and oxygen atoms in total. The fourth-order valence-corrected chi connectivity index (χ4v) is 2.83. The summed E-state index contributed by atoms with van der Waals surface area (Å²) in [5, 5.41) is 0. The van der Waals surface area contributed by atoms with Gasteiger partial charge in [0.2, 0.25) is 0 Å². The molecule has 2 aromatic heterocycles. The first kappa shape index (κ1) is 13.8. The lowest BCUT2D eigenvalue weighted by Gasteiger charge is -2.10. The molecular formula is C16H13BrN2O2. The number of aromatic nitrogens is 2. The van der Waals surface area contributed by atoms with Crippen molar-refractivity contribution in [2.75, 3.05) is 0 Å². The number of carbonyl (C=O) groups excluding carboxylic acids is 1. The number of fused-ring (bicyclic) bond motifs is 1. The average Bonchev–Trinajstić information content (AvgIpc) is 2.88. The Morgan fingerprint density at radius 3 is 3.00 bits per heavy atom. The molecule has 0 bridgehead atoms. The first-order valence-electron chi connectivity index (χ1n) is 6.48. The van der Waals surface area contributed by atoms with Crippen LogP contribution in [0.1, 0.15) is 21.6 Å². The summed E-state index contributed by atoms with van der Waals surface area (Å²) >= 11 is 3.38. The third kappa shape index (κ3) is 2.83. The molecule has 0 N–H and O–H groups in total. The highest BCUT2D eigenvalue weighted by atomic mass is 79.9. The number of halogens is 1. The Morgan fingerprint density at radius 2 is 2.24 bits per heavy atom. The monoisotopic (exact) mass is 344 g/mol. The highest BCUT2D eigenvalue weighted by molar-refractivity contribution is 9.10. The predicted octanol–water partition coefficient (Wildman–Crippen LogP) is 3.80. The smallest absolute Gasteiger partial charge is 0.153 e. The van der Waals surface area contributed by atoms with Gasteiger partial charge in [-0.25, -0.2) is 4.98 Å². The molecule has 0 aliphatic heterocycles. The van der Waals surface area contributed by atoms with E-state index in [0.29, 0.717) is 17.9 Å². The van der Waals surface area contributed by atoms with Crippen LogP contribution in [0.5, 0.6) is 5.75 Å². The van der Waals surface area contributed by atoms with Crippen molar-refractivity contribution >= 4 is 27.9 Å². The molecule has 1 aromatic carbocycles. The third-order valence-corrected chi connectivity index (χ3v) is 3.63. The zero-order valence-corrected chi connectivity index (χ0v) is 13.0. The second-order valence-corrected chi connectivity index (χ2v) is 5.66. The van der Waals surface area contributed by atoms with Gasteiger partial charge in [0.1, 0.15) is 18.0 Å². The zero-order valence-electron chi connectivity index (χ0n) is 11.4. The lowest BCUT2D eigenvalue weighted by molar-refractivity contribution is 0.111. The molecule has 0 saturated heterocycles. The van der Waals surface area contributed by atoms with Gasteiger partial charge in [0.15, 0.2) is 6.29 Å². The third-order valence-electron chi connectivity index (χ3n) is 3.17. The summed E-state index contributed by atoms with van der Waals surface area (Å²) in [5.41, 5.74) is 3.14. The summed E-state index contributed by atoms with van der Waals surface area (Å²) in [6, 6.07) is 9.50. The number of hydrogen-bond donors (Lipinski definition) is 0. The van der Waals surface area contributed by atoms with Gasteiger partial charge in [-0.2, -0.15) is 0 Å².